The van der Waals surface area contributed by atoms with Crippen LogP contribution in [0.1, 0.15) is 6.92 Å². The van der Waals surface area contributed by atoms with E-state index < -0.39 is 0 Å². The van der Waals surface area contributed by atoms with Crippen molar-refractivity contribution in [3.63, 3.8) is 0 Å². The average molecular weight is 427 g/mol. The van der Waals surface area contributed by atoms with Crippen LogP contribution in [0.15, 0.2) is 48.5 Å². The van der Waals surface area contributed by atoms with Gasteiger partial charge in [-0.05, 0) is 66.0 Å². The molecule has 3 aromatic rings. The lowest BCUT2D eigenvalue weighted by molar-refractivity contribution is 0.193. The van der Waals surface area contributed by atoms with Crippen molar-refractivity contribution < 1.29 is 9.47 Å². The van der Waals surface area contributed by atoms with E-state index >= 15 is 0 Å². The summed E-state index contributed by atoms with van der Waals surface area (Å²) in [7, 11) is 1.68. The van der Waals surface area contributed by atoms with Gasteiger partial charge in [-0.1, -0.05) is 12.1 Å². The van der Waals surface area contributed by atoms with Gasteiger partial charge in [0.15, 0.2) is 0 Å². The third-order valence-electron chi connectivity index (χ3n) is 5.18. The minimum atomic E-state index is 0.555. The van der Waals surface area contributed by atoms with Gasteiger partial charge in [0, 0.05) is 31.9 Å². The van der Waals surface area contributed by atoms with E-state index in [0.717, 1.165) is 43.4 Å². The van der Waals surface area contributed by atoms with Crippen LogP contribution in [0, 0.1) is 4.77 Å². The van der Waals surface area contributed by atoms with Crippen molar-refractivity contribution in [3.05, 3.63) is 53.3 Å². The van der Waals surface area contributed by atoms with Gasteiger partial charge in [0.2, 0.25) is 4.77 Å². The van der Waals surface area contributed by atoms with Gasteiger partial charge in [0.05, 0.1) is 20.4 Å². The minimum Gasteiger partial charge on any atom is -0.497 e. The molecule has 2 heterocycles. The second kappa shape index (κ2) is 9.27. The molecule has 1 saturated heterocycles. The second-order valence-electron chi connectivity index (χ2n) is 7.02. The average Bonchev–Trinajstić information content (AvgIpc) is 3.15. The van der Waals surface area contributed by atoms with Gasteiger partial charge in [0.25, 0.3) is 0 Å². The lowest BCUT2D eigenvalue weighted by Crippen LogP contribution is -2.47. The molecule has 0 amide bonds. The Morgan fingerprint density at radius 1 is 0.967 bits per heavy atom. The number of benzene rings is 2. The van der Waals surface area contributed by atoms with Crippen LogP contribution < -0.4 is 14.4 Å². The maximum atomic E-state index is 5.71. The number of hydrogen-bond donors (Lipinski definition) is 0. The van der Waals surface area contributed by atoms with Gasteiger partial charge in [-0.2, -0.15) is 4.68 Å². The van der Waals surface area contributed by atoms with Gasteiger partial charge in [-0.25, -0.2) is 4.68 Å². The Kier molecular flexibility index (Phi) is 6.29. The van der Waals surface area contributed by atoms with E-state index in [-0.39, 0.29) is 0 Å². The normalized spacial score (nSPS) is 14.7. The number of tetrazole rings is 1. The quantitative estimate of drug-likeness (QED) is 0.538. The summed E-state index contributed by atoms with van der Waals surface area (Å²) in [6, 6.07) is 15.9. The number of para-hydroxylation sites is 2. The van der Waals surface area contributed by atoms with Crippen molar-refractivity contribution in [2.75, 3.05) is 44.8 Å². The number of ether oxygens (including phenoxy) is 2. The highest BCUT2D eigenvalue weighted by Gasteiger charge is 2.19. The zero-order valence-electron chi connectivity index (χ0n) is 17.3. The summed E-state index contributed by atoms with van der Waals surface area (Å²) in [5.41, 5.74) is 2.02. The SMILES string of the molecule is CCOc1ccccc1-n1nnn(CN2CCN(c3ccc(OC)cc3)CC2)c1=S. The van der Waals surface area contributed by atoms with E-state index in [4.69, 9.17) is 21.7 Å². The fourth-order valence-electron chi connectivity index (χ4n) is 3.55. The van der Waals surface area contributed by atoms with Gasteiger partial charge in [0.1, 0.15) is 17.2 Å². The molecule has 0 unspecified atom stereocenters. The predicted molar refractivity (Wildman–Crippen MR) is 118 cm³/mol. The van der Waals surface area contributed by atoms with Crippen LogP contribution in [0.25, 0.3) is 5.69 Å². The Balaban J connectivity index is 1.41. The molecule has 2 aromatic carbocycles. The van der Waals surface area contributed by atoms with Crippen molar-refractivity contribution in [3.8, 4) is 17.2 Å². The Labute approximate surface area is 181 Å². The summed E-state index contributed by atoms with van der Waals surface area (Å²) in [4.78, 5) is 4.72. The van der Waals surface area contributed by atoms with E-state index in [2.05, 4.69) is 32.4 Å². The fourth-order valence-corrected chi connectivity index (χ4v) is 3.78. The van der Waals surface area contributed by atoms with Crippen LogP contribution >= 0.6 is 12.2 Å². The molecule has 0 radical (unpaired) electrons. The third-order valence-corrected chi connectivity index (χ3v) is 5.56. The third kappa shape index (κ3) is 4.31. The summed E-state index contributed by atoms with van der Waals surface area (Å²) in [6.07, 6.45) is 0. The Bertz CT molecular complexity index is 1020. The summed E-state index contributed by atoms with van der Waals surface area (Å²) in [6.45, 7) is 6.90. The molecule has 0 aliphatic carbocycles. The first-order chi connectivity index (χ1) is 14.7. The molecular formula is C21H26N6O2S. The highest BCUT2D eigenvalue weighted by atomic mass is 32.1. The van der Waals surface area contributed by atoms with Gasteiger partial charge >= 0.3 is 0 Å². The Morgan fingerprint density at radius 2 is 1.70 bits per heavy atom. The highest BCUT2D eigenvalue weighted by Crippen LogP contribution is 2.23. The Hall–Kier alpha value is -2.91. The predicted octanol–water partition coefficient (Wildman–Crippen LogP) is 2.99. The van der Waals surface area contributed by atoms with Crippen LogP contribution in [-0.2, 0) is 6.67 Å². The molecule has 4 rings (SSSR count). The van der Waals surface area contributed by atoms with Crippen LogP contribution in [0.3, 0.4) is 0 Å². The number of rotatable bonds is 7. The highest BCUT2D eigenvalue weighted by molar-refractivity contribution is 7.71. The smallest absolute Gasteiger partial charge is 0.222 e. The summed E-state index contributed by atoms with van der Waals surface area (Å²) >= 11 is 5.64. The van der Waals surface area contributed by atoms with Gasteiger partial charge < -0.3 is 14.4 Å². The topological polar surface area (TPSA) is 60.6 Å². The van der Waals surface area contributed by atoms with E-state index in [0.29, 0.717) is 18.0 Å². The molecule has 0 atom stereocenters. The van der Waals surface area contributed by atoms with Crippen molar-refractivity contribution >= 4 is 17.9 Å². The summed E-state index contributed by atoms with van der Waals surface area (Å²) < 4.78 is 14.9. The summed E-state index contributed by atoms with van der Waals surface area (Å²) in [5, 5.41) is 8.55. The Morgan fingerprint density at radius 3 is 2.40 bits per heavy atom. The molecule has 30 heavy (non-hydrogen) atoms. The van der Waals surface area contributed by atoms with Crippen molar-refractivity contribution in [1.29, 1.82) is 0 Å². The minimum absolute atomic E-state index is 0.555. The van der Waals surface area contributed by atoms with Crippen molar-refractivity contribution in [1.82, 2.24) is 24.7 Å². The molecule has 0 saturated carbocycles. The molecule has 1 aliphatic rings. The number of hydrogen-bond acceptors (Lipinski definition) is 7. The number of aromatic nitrogens is 4. The first-order valence-corrected chi connectivity index (χ1v) is 10.5. The lowest BCUT2D eigenvalue weighted by atomic mass is 10.2. The molecule has 1 aromatic heterocycles. The molecule has 9 heteroatoms. The van der Waals surface area contributed by atoms with Gasteiger partial charge in [-0.15, -0.1) is 0 Å². The fraction of sp³-hybridized carbons (Fsp3) is 0.381. The molecular weight excluding hydrogens is 400 g/mol. The molecule has 0 bridgehead atoms. The first-order valence-electron chi connectivity index (χ1n) is 10.1. The number of methoxy groups -OCH3 is 1. The number of anilines is 1. The van der Waals surface area contributed by atoms with E-state index in [1.807, 2.05) is 43.3 Å². The van der Waals surface area contributed by atoms with Gasteiger partial charge in [-0.3, -0.25) is 4.90 Å². The molecule has 158 valence electrons. The number of piperazine rings is 1. The largest absolute Gasteiger partial charge is 0.497 e. The zero-order valence-corrected chi connectivity index (χ0v) is 18.1. The van der Waals surface area contributed by atoms with E-state index in [9.17, 15) is 0 Å². The monoisotopic (exact) mass is 426 g/mol. The second-order valence-corrected chi connectivity index (χ2v) is 7.38. The maximum absolute atomic E-state index is 5.71. The lowest BCUT2D eigenvalue weighted by Gasteiger charge is -2.35. The standard InChI is InChI=1S/C21H26N6O2S/c1-3-29-20-7-5-4-6-19(20)27-21(30)26(22-23-27)16-24-12-14-25(15-13-24)17-8-10-18(28-2)11-9-17/h4-11H,3,12-16H2,1-2H3. The van der Waals surface area contributed by atoms with Crippen LogP contribution in [0.5, 0.6) is 11.5 Å². The van der Waals surface area contributed by atoms with Crippen molar-refractivity contribution in [2.45, 2.75) is 13.6 Å². The van der Waals surface area contributed by atoms with Crippen molar-refractivity contribution in [2.24, 2.45) is 0 Å². The molecule has 0 spiro atoms. The molecule has 1 fully saturated rings. The summed E-state index contributed by atoms with van der Waals surface area (Å²) in [5.74, 6) is 1.62. The van der Waals surface area contributed by atoms with Crippen LogP contribution in [-0.4, -0.2) is 64.6 Å². The molecule has 0 N–H and O–H groups in total. The maximum Gasteiger partial charge on any atom is 0.222 e. The molecule has 1 aliphatic heterocycles. The zero-order chi connectivity index (χ0) is 20.9. The van der Waals surface area contributed by atoms with Crippen LogP contribution in [0.4, 0.5) is 5.69 Å². The van der Waals surface area contributed by atoms with E-state index in [1.54, 1.807) is 16.5 Å². The van der Waals surface area contributed by atoms with E-state index in [1.165, 1.54) is 5.69 Å². The van der Waals surface area contributed by atoms with Crippen LogP contribution in [0.2, 0.25) is 0 Å². The molecule has 8 nitrogen and oxygen atoms in total. The number of nitrogens with zero attached hydrogens (tertiary/aromatic N) is 6. The first kappa shape index (κ1) is 20.4.